The molecule has 4 rings (SSSR count). The molecular formula is C27H29NO5. The van der Waals surface area contributed by atoms with E-state index in [1.165, 1.54) is 0 Å². The van der Waals surface area contributed by atoms with Crippen LogP contribution in [0.3, 0.4) is 0 Å². The van der Waals surface area contributed by atoms with Crippen LogP contribution < -0.4 is 14.2 Å². The minimum atomic E-state index is 0.0178. The van der Waals surface area contributed by atoms with Crippen LogP contribution in [0.2, 0.25) is 0 Å². The number of ether oxygens (including phenoxy) is 3. The molecule has 0 saturated heterocycles. The zero-order chi connectivity index (χ0) is 23.0. The number of aromatic nitrogens is 1. The maximum Gasteiger partial charge on any atom is 0.226 e. The van der Waals surface area contributed by atoms with E-state index in [4.69, 9.17) is 18.6 Å². The molecule has 2 aromatic carbocycles. The number of hydrogen-bond donors (Lipinski definition) is 0. The van der Waals surface area contributed by atoms with Crippen LogP contribution in [0, 0.1) is 0 Å². The lowest BCUT2D eigenvalue weighted by atomic mass is 10.0. The predicted octanol–water partition coefficient (Wildman–Crippen LogP) is 6.05. The second-order valence-electron chi connectivity index (χ2n) is 7.88. The second kappa shape index (κ2) is 10.9. The summed E-state index contributed by atoms with van der Waals surface area (Å²) >= 11 is 0. The third kappa shape index (κ3) is 5.64. The van der Waals surface area contributed by atoms with E-state index in [-0.39, 0.29) is 11.9 Å². The predicted molar refractivity (Wildman–Crippen MR) is 126 cm³/mol. The number of hydrogen-bond acceptors (Lipinski definition) is 6. The molecule has 1 unspecified atom stereocenters. The summed E-state index contributed by atoms with van der Waals surface area (Å²) in [5, 5.41) is 0. The van der Waals surface area contributed by atoms with E-state index in [9.17, 15) is 4.79 Å². The van der Waals surface area contributed by atoms with Crippen LogP contribution in [0.15, 0.2) is 65.3 Å². The summed E-state index contributed by atoms with van der Waals surface area (Å²) in [7, 11) is 1.63. The first-order valence-electron chi connectivity index (χ1n) is 11.4. The molecule has 33 heavy (non-hydrogen) atoms. The Balaban J connectivity index is 1.45. The molecule has 1 heterocycles. The van der Waals surface area contributed by atoms with Gasteiger partial charge in [-0.15, -0.1) is 0 Å². The van der Waals surface area contributed by atoms with Gasteiger partial charge in [0, 0.05) is 18.4 Å². The zero-order valence-corrected chi connectivity index (χ0v) is 19.1. The number of oxazole rings is 1. The van der Waals surface area contributed by atoms with Crippen LogP contribution in [-0.2, 0) is 6.42 Å². The fraction of sp³-hybridized carbons (Fsp3) is 0.333. The van der Waals surface area contributed by atoms with Crippen LogP contribution >= 0.6 is 0 Å². The maximum absolute atomic E-state index is 12.7. The van der Waals surface area contributed by atoms with E-state index in [0.29, 0.717) is 48.2 Å². The number of Topliss-reactive ketones (excluding diaryl/α,β-unsaturated/α-hetero) is 1. The summed E-state index contributed by atoms with van der Waals surface area (Å²) in [5.74, 6) is 2.45. The van der Waals surface area contributed by atoms with Crippen molar-refractivity contribution in [3.63, 3.8) is 0 Å². The van der Waals surface area contributed by atoms with E-state index >= 15 is 0 Å². The van der Waals surface area contributed by atoms with Crippen molar-refractivity contribution in [3.8, 4) is 28.7 Å². The molecule has 0 N–H and O–H groups in total. The summed E-state index contributed by atoms with van der Waals surface area (Å²) in [6, 6.07) is 13.0. The molecular weight excluding hydrogens is 418 g/mol. The summed E-state index contributed by atoms with van der Waals surface area (Å²) < 4.78 is 22.9. The number of methoxy groups -OCH3 is 1. The van der Waals surface area contributed by atoms with Gasteiger partial charge in [0.2, 0.25) is 5.89 Å². The molecule has 1 aliphatic rings. The van der Waals surface area contributed by atoms with Gasteiger partial charge in [-0.3, -0.25) is 4.79 Å². The first kappa shape index (κ1) is 22.6. The third-order valence-electron chi connectivity index (χ3n) is 5.55. The van der Waals surface area contributed by atoms with Crippen molar-refractivity contribution >= 4 is 5.78 Å². The summed E-state index contributed by atoms with van der Waals surface area (Å²) in [6.07, 6.45) is 9.87. The smallest absolute Gasteiger partial charge is 0.226 e. The van der Waals surface area contributed by atoms with Crippen molar-refractivity contribution in [2.75, 3.05) is 13.7 Å². The van der Waals surface area contributed by atoms with Gasteiger partial charge in [0.1, 0.15) is 18.1 Å². The summed E-state index contributed by atoms with van der Waals surface area (Å²) in [4.78, 5) is 17.3. The monoisotopic (exact) mass is 447 g/mol. The Morgan fingerprint density at radius 2 is 2.03 bits per heavy atom. The average Bonchev–Trinajstić information content (AvgIpc) is 3.33. The van der Waals surface area contributed by atoms with Crippen LogP contribution in [0.4, 0.5) is 0 Å². The third-order valence-corrected chi connectivity index (χ3v) is 5.55. The van der Waals surface area contributed by atoms with Gasteiger partial charge in [0.05, 0.1) is 25.0 Å². The normalized spacial score (nSPS) is 15.3. The van der Waals surface area contributed by atoms with E-state index in [1.807, 2.05) is 43.3 Å². The molecule has 0 radical (unpaired) electrons. The Bertz CT molecular complexity index is 1120. The fourth-order valence-corrected chi connectivity index (χ4v) is 3.85. The van der Waals surface area contributed by atoms with Crippen LogP contribution in [0.1, 0.15) is 48.7 Å². The Morgan fingerprint density at radius 3 is 2.82 bits per heavy atom. The minimum absolute atomic E-state index is 0.0178. The first-order valence-corrected chi connectivity index (χ1v) is 11.4. The fourth-order valence-electron chi connectivity index (χ4n) is 3.85. The lowest BCUT2D eigenvalue weighted by molar-refractivity contribution is 0.0979. The standard InChI is InChI=1S/C27H29NO5/c1-3-31-24-12-8-7-11-22(24)23(29)15-14-20-18-32-27(28-20)19-13-16-25(30-2)26(17-19)33-21-9-5-4-6-10-21/h5,7-9,11-13,16-18,21H,3-4,6,10,14-15H2,1-2H3. The molecule has 3 aromatic rings. The van der Waals surface area contributed by atoms with Crippen molar-refractivity contribution in [1.29, 1.82) is 0 Å². The number of carbonyl (C=O) groups excluding carboxylic acids is 1. The molecule has 0 spiro atoms. The molecule has 1 aliphatic carbocycles. The number of carbonyl (C=O) groups is 1. The van der Waals surface area contributed by atoms with E-state index in [2.05, 4.69) is 17.1 Å². The molecule has 0 fully saturated rings. The molecule has 1 aromatic heterocycles. The molecule has 0 saturated carbocycles. The second-order valence-corrected chi connectivity index (χ2v) is 7.88. The van der Waals surface area contributed by atoms with Crippen molar-refractivity contribution in [1.82, 2.24) is 4.98 Å². The van der Waals surface area contributed by atoms with Gasteiger partial charge < -0.3 is 18.6 Å². The van der Waals surface area contributed by atoms with Crippen molar-refractivity contribution in [3.05, 3.63) is 72.1 Å². The molecule has 0 bridgehead atoms. The summed E-state index contributed by atoms with van der Waals surface area (Å²) in [6.45, 7) is 2.42. The number of benzene rings is 2. The Morgan fingerprint density at radius 1 is 1.15 bits per heavy atom. The van der Waals surface area contributed by atoms with E-state index in [1.54, 1.807) is 19.4 Å². The highest BCUT2D eigenvalue weighted by Crippen LogP contribution is 2.34. The van der Waals surface area contributed by atoms with Crippen LogP contribution in [0.5, 0.6) is 17.2 Å². The van der Waals surface area contributed by atoms with Gasteiger partial charge in [-0.1, -0.05) is 18.2 Å². The van der Waals surface area contributed by atoms with Gasteiger partial charge in [-0.05, 0) is 62.6 Å². The maximum atomic E-state index is 12.7. The van der Waals surface area contributed by atoms with Gasteiger partial charge in [-0.2, -0.15) is 0 Å². The van der Waals surface area contributed by atoms with Gasteiger partial charge in [-0.25, -0.2) is 4.98 Å². The molecule has 0 amide bonds. The molecule has 172 valence electrons. The van der Waals surface area contributed by atoms with Gasteiger partial charge in [0.25, 0.3) is 0 Å². The number of rotatable bonds is 10. The summed E-state index contributed by atoms with van der Waals surface area (Å²) in [5.41, 5.74) is 2.11. The van der Waals surface area contributed by atoms with Gasteiger partial charge >= 0.3 is 0 Å². The topological polar surface area (TPSA) is 70.8 Å². The van der Waals surface area contributed by atoms with Crippen molar-refractivity contribution < 1.29 is 23.4 Å². The zero-order valence-electron chi connectivity index (χ0n) is 19.1. The lowest BCUT2D eigenvalue weighted by Gasteiger charge is -2.20. The highest BCUT2D eigenvalue weighted by Gasteiger charge is 2.17. The number of aryl methyl sites for hydroxylation is 1. The highest BCUT2D eigenvalue weighted by atomic mass is 16.5. The Labute approximate surface area is 194 Å². The lowest BCUT2D eigenvalue weighted by Crippen LogP contribution is -2.16. The molecule has 6 nitrogen and oxygen atoms in total. The van der Waals surface area contributed by atoms with Crippen LogP contribution in [-0.4, -0.2) is 30.6 Å². The number of allylic oxidation sites excluding steroid dienone is 1. The first-order chi connectivity index (χ1) is 16.2. The van der Waals surface area contributed by atoms with E-state index in [0.717, 1.165) is 30.5 Å². The van der Waals surface area contributed by atoms with Crippen molar-refractivity contribution in [2.24, 2.45) is 0 Å². The number of nitrogens with zero attached hydrogens (tertiary/aromatic N) is 1. The van der Waals surface area contributed by atoms with Gasteiger partial charge in [0.15, 0.2) is 17.3 Å². The largest absolute Gasteiger partial charge is 0.493 e. The number of para-hydroxylation sites is 1. The quantitative estimate of drug-likeness (QED) is 0.278. The molecule has 1 atom stereocenters. The highest BCUT2D eigenvalue weighted by molar-refractivity contribution is 5.98. The SMILES string of the molecule is CCOc1ccccc1C(=O)CCc1coc(-c2ccc(OC)c(OC3C=CCCC3)c2)n1. The van der Waals surface area contributed by atoms with E-state index < -0.39 is 0 Å². The Kier molecular flexibility index (Phi) is 7.45. The minimum Gasteiger partial charge on any atom is -0.493 e. The Hall–Kier alpha value is -3.54. The van der Waals surface area contributed by atoms with Crippen LogP contribution in [0.25, 0.3) is 11.5 Å². The van der Waals surface area contributed by atoms with Crippen molar-refractivity contribution in [2.45, 2.75) is 45.1 Å². The number of ketones is 1. The molecule has 0 aliphatic heterocycles. The average molecular weight is 448 g/mol. The molecule has 6 heteroatoms.